The maximum atomic E-state index is 13.1. The SMILES string of the molecule is O=C(CNC1CCCC1)c1ccc(F)c(C(F)(F)F)c1. The number of alkyl halides is 3. The fourth-order valence-electron chi connectivity index (χ4n) is 2.38. The minimum absolute atomic E-state index is 0.0202. The molecular weight excluding hydrogens is 274 g/mol. The van der Waals surface area contributed by atoms with Crippen LogP contribution in [0.4, 0.5) is 17.6 Å². The molecule has 1 aliphatic carbocycles. The number of benzene rings is 1. The van der Waals surface area contributed by atoms with Crippen molar-refractivity contribution in [2.24, 2.45) is 0 Å². The summed E-state index contributed by atoms with van der Waals surface area (Å²) in [6.45, 7) is -0.0202. The highest BCUT2D eigenvalue weighted by Gasteiger charge is 2.34. The van der Waals surface area contributed by atoms with Crippen LogP contribution in [0, 0.1) is 5.82 Å². The van der Waals surface area contributed by atoms with Gasteiger partial charge in [-0.1, -0.05) is 12.8 Å². The van der Waals surface area contributed by atoms with Crippen LogP contribution in [-0.2, 0) is 6.18 Å². The second-order valence-corrected chi connectivity index (χ2v) is 4.98. The van der Waals surface area contributed by atoms with E-state index in [0.717, 1.165) is 31.7 Å². The van der Waals surface area contributed by atoms with E-state index in [9.17, 15) is 22.4 Å². The van der Waals surface area contributed by atoms with Gasteiger partial charge in [0, 0.05) is 11.6 Å². The third kappa shape index (κ3) is 3.56. The Morgan fingerprint density at radius 3 is 2.50 bits per heavy atom. The highest BCUT2D eigenvalue weighted by molar-refractivity contribution is 5.97. The average molecular weight is 289 g/mol. The first-order valence-electron chi connectivity index (χ1n) is 6.51. The number of rotatable bonds is 4. The predicted octanol–water partition coefficient (Wildman–Crippen LogP) is 3.56. The van der Waals surface area contributed by atoms with Crippen molar-refractivity contribution >= 4 is 5.78 Å². The van der Waals surface area contributed by atoms with Gasteiger partial charge in [-0.2, -0.15) is 13.2 Å². The zero-order chi connectivity index (χ0) is 14.8. The first-order valence-corrected chi connectivity index (χ1v) is 6.51. The molecule has 0 aromatic heterocycles. The highest BCUT2D eigenvalue weighted by Crippen LogP contribution is 2.32. The topological polar surface area (TPSA) is 29.1 Å². The summed E-state index contributed by atoms with van der Waals surface area (Å²) < 4.78 is 50.8. The van der Waals surface area contributed by atoms with Crippen molar-refractivity contribution in [3.8, 4) is 0 Å². The standard InChI is InChI=1S/C14H15F4NO/c15-12-6-5-9(7-11(12)14(16,17)18)13(20)8-19-10-3-1-2-4-10/h5-7,10,19H,1-4,8H2. The van der Waals surface area contributed by atoms with E-state index in [1.807, 2.05) is 0 Å². The Balaban J connectivity index is 2.06. The number of carbonyl (C=O) groups excluding carboxylic acids is 1. The van der Waals surface area contributed by atoms with E-state index in [2.05, 4.69) is 5.32 Å². The molecule has 1 aromatic rings. The molecule has 20 heavy (non-hydrogen) atoms. The van der Waals surface area contributed by atoms with Crippen molar-refractivity contribution in [1.82, 2.24) is 5.32 Å². The van der Waals surface area contributed by atoms with Crippen molar-refractivity contribution in [2.45, 2.75) is 37.9 Å². The van der Waals surface area contributed by atoms with Gasteiger partial charge in [-0.05, 0) is 31.0 Å². The summed E-state index contributed by atoms with van der Waals surface area (Å²) in [5, 5.41) is 3.03. The van der Waals surface area contributed by atoms with Crippen LogP contribution in [0.2, 0.25) is 0 Å². The molecule has 2 rings (SSSR count). The van der Waals surface area contributed by atoms with Crippen molar-refractivity contribution in [3.63, 3.8) is 0 Å². The number of hydrogen-bond donors (Lipinski definition) is 1. The predicted molar refractivity (Wildman–Crippen MR) is 66.0 cm³/mol. The maximum absolute atomic E-state index is 13.1. The van der Waals surface area contributed by atoms with Crippen LogP contribution >= 0.6 is 0 Å². The molecule has 0 heterocycles. The molecule has 110 valence electrons. The fourth-order valence-corrected chi connectivity index (χ4v) is 2.38. The van der Waals surface area contributed by atoms with Crippen molar-refractivity contribution < 1.29 is 22.4 Å². The Labute approximate surface area is 114 Å². The van der Waals surface area contributed by atoms with Crippen LogP contribution in [0.5, 0.6) is 0 Å². The Bertz CT molecular complexity index is 492. The van der Waals surface area contributed by atoms with Crippen LogP contribution in [0.25, 0.3) is 0 Å². The van der Waals surface area contributed by atoms with Crippen molar-refractivity contribution in [2.75, 3.05) is 6.54 Å². The normalized spacial score (nSPS) is 16.6. The van der Waals surface area contributed by atoms with Crippen LogP contribution in [-0.4, -0.2) is 18.4 Å². The second kappa shape index (κ2) is 5.91. The molecule has 0 spiro atoms. The fraction of sp³-hybridized carbons (Fsp3) is 0.500. The average Bonchev–Trinajstić information content (AvgIpc) is 2.88. The van der Waals surface area contributed by atoms with E-state index in [1.54, 1.807) is 0 Å². The number of Topliss-reactive ketones (excluding diaryl/α,β-unsaturated/α-hetero) is 1. The molecule has 0 amide bonds. The zero-order valence-electron chi connectivity index (χ0n) is 10.8. The third-order valence-electron chi connectivity index (χ3n) is 3.50. The van der Waals surface area contributed by atoms with E-state index in [4.69, 9.17) is 0 Å². The summed E-state index contributed by atoms with van der Waals surface area (Å²) in [6.07, 6.45) is -0.643. The molecule has 0 radical (unpaired) electrons. The van der Waals surface area contributed by atoms with Crippen molar-refractivity contribution in [3.05, 3.63) is 35.1 Å². The lowest BCUT2D eigenvalue weighted by molar-refractivity contribution is -0.140. The first kappa shape index (κ1) is 15.0. The molecule has 0 atom stereocenters. The molecule has 1 N–H and O–H groups in total. The van der Waals surface area contributed by atoms with Crippen molar-refractivity contribution in [1.29, 1.82) is 0 Å². The minimum atomic E-state index is -4.79. The minimum Gasteiger partial charge on any atom is -0.307 e. The molecular formula is C14H15F4NO. The summed E-state index contributed by atoms with van der Waals surface area (Å²) >= 11 is 0. The molecule has 1 saturated carbocycles. The summed E-state index contributed by atoms with van der Waals surface area (Å²) in [7, 11) is 0. The Hall–Kier alpha value is -1.43. The van der Waals surface area contributed by atoms with Crippen LogP contribution in [0.3, 0.4) is 0 Å². The number of hydrogen-bond acceptors (Lipinski definition) is 2. The monoisotopic (exact) mass is 289 g/mol. The number of nitrogens with one attached hydrogen (secondary N) is 1. The lowest BCUT2D eigenvalue weighted by atomic mass is 10.1. The largest absolute Gasteiger partial charge is 0.419 e. The molecule has 1 aromatic carbocycles. The molecule has 0 aliphatic heterocycles. The summed E-state index contributed by atoms with van der Waals surface area (Å²) in [6, 6.07) is 2.60. The van der Waals surface area contributed by atoms with Gasteiger partial charge in [-0.3, -0.25) is 4.79 Å². The van der Waals surface area contributed by atoms with E-state index in [-0.39, 0.29) is 18.2 Å². The number of halogens is 4. The first-order chi connectivity index (χ1) is 9.38. The van der Waals surface area contributed by atoms with Crippen LogP contribution in [0.15, 0.2) is 18.2 Å². The van der Waals surface area contributed by atoms with E-state index < -0.39 is 23.3 Å². The Morgan fingerprint density at radius 1 is 1.25 bits per heavy atom. The van der Waals surface area contributed by atoms with Gasteiger partial charge >= 0.3 is 6.18 Å². The highest BCUT2D eigenvalue weighted by atomic mass is 19.4. The smallest absolute Gasteiger partial charge is 0.307 e. The molecule has 6 heteroatoms. The lowest BCUT2D eigenvalue weighted by Crippen LogP contribution is -2.31. The Morgan fingerprint density at radius 2 is 1.90 bits per heavy atom. The second-order valence-electron chi connectivity index (χ2n) is 4.98. The summed E-state index contributed by atoms with van der Waals surface area (Å²) in [5.74, 6) is -1.82. The zero-order valence-corrected chi connectivity index (χ0v) is 10.8. The quantitative estimate of drug-likeness (QED) is 0.678. The molecule has 1 aliphatic rings. The molecule has 1 fully saturated rings. The summed E-state index contributed by atoms with van der Waals surface area (Å²) in [4.78, 5) is 11.8. The van der Waals surface area contributed by atoms with E-state index in [0.29, 0.717) is 12.1 Å². The van der Waals surface area contributed by atoms with Gasteiger partial charge in [0.05, 0.1) is 12.1 Å². The van der Waals surface area contributed by atoms with Gasteiger partial charge in [-0.25, -0.2) is 4.39 Å². The van der Waals surface area contributed by atoms with Crippen LogP contribution in [0.1, 0.15) is 41.6 Å². The maximum Gasteiger partial charge on any atom is 0.419 e. The van der Waals surface area contributed by atoms with Gasteiger partial charge < -0.3 is 5.32 Å². The molecule has 0 unspecified atom stereocenters. The molecule has 2 nitrogen and oxygen atoms in total. The van der Waals surface area contributed by atoms with Gasteiger partial charge in [0.2, 0.25) is 0 Å². The number of ketones is 1. The van der Waals surface area contributed by atoms with Gasteiger partial charge in [0.1, 0.15) is 5.82 Å². The Kier molecular flexibility index (Phi) is 4.42. The van der Waals surface area contributed by atoms with Gasteiger partial charge in [-0.15, -0.1) is 0 Å². The molecule has 0 bridgehead atoms. The number of carbonyl (C=O) groups is 1. The third-order valence-corrected chi connectivity index (χ3v) is 3.50. The van der Waals surface area contributed by atoms with Crippen LogP contribution < -0.4 is 5.32 Å². The lowest BCUT2D eigenvalue weighted by Gasteiger charge is -2.12. The van der Waals surface area contributed by atoms with E-state index in [1.165, 1.54) is 0 Å². The molecule has 0 saturated heterocycles. The summed E-state index contributed by atoms with van der Waals surface area (Å²) in [5.41, 5.74) is -1.52. The van der Waals surface area contributed by atoms with Gasteiger partial charge in [0.15, 0.2) is 5.78 Å². The van der Waals surface area contributed by atoms with E-state index >= 15 is 0 Å². The van der Waals surface area contributed by atoms with Gasteiger partial charge in [0.25, 0.3) is 0 Å².